The van der Waals surface area contributed by atoms with E-state index in [2.05, 4.69) is 5.32 Å². The van der Waals surface area contributed by atoms with E-state index in [0.29, 0.717) is 5.75 Å². The molecule has 1 amide bonds. The van der Waals surface area contributed by atoms with Crippen LogP contribution in [0.2, 0.25) is 0 Å². The molecule has 0 radical (unpaired) electrons. The van der Waals surface area contributed by atoms with Crippen LogP contribution >= 0.6 is 0 Å². The van der Waals surface area contributed by atoms with Crippen LogP contribution in [0.4, 0.5) is 8.78 Å². The number of methoxy groups -OCH3 is 1. The number of hydrogen-bond donors (Lipinski definition) is 1. The van der Waals surface area contributed by atoms with Gasteiger partial charge in [-0.25, -0.2) is 8.78 Å². The van der Waals surface area contributed by atoms with Gasteiger partial charge in [0.15, 0.2) is 6.17 Å². The summed E-state index contributed by atoms with van der Waals surface area (Å²) in [5.74, 6) is -0.881. The topological polar surface area (TPSA) is 38.3 Å². The average Bonchev–Trinajstić information content (AvgIpc) is 2.58. The summed E-state index contributed by atoms with van der Waals surface area (Å²) in [5, 5.41) is 2.40. The largest absolute Gasteiger partial charge is 0.496 e. The van der Waals surface area contributed by atoms with Gasteiger partial charge in [-0.05, 0) is 12.1 Å². The Labute approximate surface area is 91.4 Å². The molecule has 1 aromatic rings. The van der Waals surface area contributed by atoms with Crippen LogP contribution in [0.3, 0.4) is 0 Å². The SMILES string of the molecule is COc1cccc(F)c1C1CC(F)C(=O)N1. The van der Waals surface area contributed by atoms with E-state index in [1.807, 2.05) is 0 Å². The molecule has 16 heavy (non-hydrogen) atoms. The van der Waals surface area contributed by atoms with Crippen LogP contribution in [0.5, 0.6) is 5.75 Å². The number of halogens is 2. The third-order valence-corrected chi connectivity index (χ3v) is 2.62. The Morgan fingerprint density at radius 3 is 2.81 bits per heavy atom. The molecular formula is C11H11F2NO2. The van der Waals surface area contributed by atoms with Gasteiger partial charge >= 0.3 is 0 Å². The van der Waals surface area contributed by atoms with E-state index >= 15 is 0 Å². The Balaban J connectivity index is 2.37. The Morgan fingerprint density at radius 2 is 2.25 bits per heavy atom. The van der Waals surface area contributed by atoms with Gasteiger partial charge in [0.2, 0.25) is 0 Å². The molecule has 0 bridgehead atoms. The molecule has 1 N–H and O–H groups in total. The van der Waals surface area contributed by atoms with Gasteiger partial charge in [-0.15, -0.1) is 0 Å². The minimum Gasteiger partial charge on any atom is -0.496 e. The summed E-state index contributed by atoms with van der Waals surface area (Å²) in [6.45, 7) is 0. The first-order valence-corrected chi connectivity index (χ1v) is 4.90. The number of ether oxygens (including phenoxy) is 1. The lowest BCUT2D eigenvalue weighted by atomic mass is 10.0. The van der Waals surface area contributed by atoms with Crippen molar-refractivity contribution in [1.82, 2.24) is 5.32 Å². The Morgan fingerprint density at radius 1 is 1.50 bits per heavy atom. The monoisotopic (exact) mass is 227 g/mol. The molecule has 1 saturated heterocycles. The molecule has 2 atom stereocenters. The van der Waals surface area contributed by atoms with Gasteiger partial charge in [0.05, 0.1) is 18.7 Å². The zero-order valence-electron chi connectivity index (χ0n) is 8.67. The standard InChI is InChI=1S/C11H11F2NO2/c1-16-9-4-2-3-6(12)10(9)8-5-7(13)11(15)14-8/h2-4,7-8H,5H2,1H3,(H,14,15). The molecule has 0 spiro atoms. The van der Waals surface area contributed by atoms with Gasteiger partial charge in [-0.3, -0.25) is 4.79 Å². The van der Waals surface area contributed by atoms with Crippen LogP contribution in [0, 0.1) is 5.82 Å². The summed E-state index contributed by atoms with van der Waals surface area (Å²) in [7, 11) is 1.40. The van der Waals surface area contributed by atoms with Crippen molar-refractivity contribution in [1.29, 1.82) is 0 Å². The number of amides is 1. The van der Waals surface area contributed by atoms with Crippen molar-refractivity contribution < 1.29 is 18.3 Å². The lowest BCUT2D eigenvalue weighted by Gasteiger charge is -2.15. The van der Waals surface area contributed by atoms with Gasteiger partial charge in [-0.2, -0.15) is 0 Å². The maximum absolute atomic E-state index is 13.6. The number of benzene rings is 1. The van der Waals surface area contributed by atoms with E-state index in [-0.39, 0.29) is 12.0 Å². The average molecular weight is 227 g/mol. The fraction of sp³-hybridized carbons (Fsp3) is 0.364. The molecule has 1 aliphatic rings. The highest BCUT2D eigenvalue weighted by Gasteiger charge is 2.35. The minimum absolute atomic E-state index is 0.0594. The van der Waals surface area contributed by atoms with Crippen molar-refractivity contribution in [2.75, 3.05) is 7.11 Å². The number of hydrogen-bond acceptors (Lipinski definition) is 2. The third kappa shape index (κ3) is 1.73. The second-order valence-corrected chi connectivity index (χ2v) is 3.62. The summed E-state index contributed by atoms with van der Waals surface area (Å²) < 4.78 is 31.6. The third-order valence-electron chi connectivity index (χ3n) is 2.62. The molecule has 2 rings (SSSR count). The highest BCUT2D eigenvalue weighted by atomic mass is 19.1. The normalized spacial score (nSPS) is 24.3. The van der Waals surface area contributed by atoms with E-state index in [0.717, 1.165) is 0 Å². The van der Waals surface area contributed by atoms with E-state index in [4.69, 9.17) is 4.74 Å². The molecule has 0 aliphatic carbocycles. The molecule has 0 aromatic heterocycles. The second kappa shape index (κ2) is 4.08. The maximum atomic E-state index is 13.6. The second-order valence-electron chi connectivity index (χ2n) is 3.62. The molecule has 3 nitrogen and oxygen atoms in total. The molecule has 0 saturated carbocycles. The van der Waals surface area contributed by atoms with Gasteiger partial charge < -0.3 is 10.1 Å². The number of alkyl halides is 1. The zero-order valence-corrected chi connectivity index (χ0v) is 8.67. The molecule has 2 unspecified atom stereocenters. The first kappa shape index (κ1) is 10.9. The lowest BCUT2D eigenvalue weighted by Crippen LogP contribution is -2.22. The fourth-order valence-corrected chi connectivity index (χ4v) is 1.86. The van der Waals surface area contributed by atoms with Crippen molar-refractivity contribution >= 4 is 5.91 Å². The number of rotatable bonds is 2. The number of carbonyl (C=O) groups is 1. The summed E-state index contributed by atoms with van der Waals surface area (Å²) in [5.41, 5.74) is 0.207. The smallest absolute Gasteiger partial charge is 0.255 e. The Bertz CT molecular complexity index is 422. The van der Waals surface area contributed by atoms with Crippen molar-refractivity contribution in [2.24, 2.45) is 0 Å². The summed E-state index contributed by atoms with van der Waals surface area (Å²) >= 11 is 0. The maximum Gasteiger partial charge on any atom is 0.255 e. The molecule has 86 valence electrons. The van der Waals surface area contributed by atoms with Crippen LogP contribution in [0.15, 0.2) is 18.2 Å². The quantitative estimate of drug-likeness (QED) is 0.835. The van der Waals surface area contributed by atoms with Crippen LogP contribution in [0.1, 0.15) is 18.0 Å². The fourth-order valence-electron chi connectivity index (χ4n) is 1.86. The molecule has 1 aromatic carbocycles. The predicted molar refractivity (Wildman–Crippen MR) is 53.3 cm³/mol. The Kier molecular flexibility index (Phi) is 2.77. The molecular weight excluding hydrogens is 216 g/mol. The van der Waals surface area contributed by atoms with E-state index in [9.17, 15) is 13.6 Å². The predicted octanol–water partition coefficient (Wildman–Crippen LogP) is 1.73. The van der Waals surface area contributed by atoms with Crippen molar-refractivity contribution in [3.63, 3.8) is 0 Å². The van der Waals surface area contributed by atoms with Gasteiger partial charge in [0.25, 0.3) is 5.91 Å². The molecule has 1 aliphatic heterocycles. The van der Waals surface area contributed by atoms with E-state index in [1.165, 1.54) is 19.2 Å². The summed E-state index contributed by atoms with van der Waals surface area (Å²) in [6, 6.07) is 3.69. The van der Waals surface area contributed by atoms with Crippen LogP contribution in [-0.4, -0.2) is 19.2 Å². The number of nitrogens with one attached hydrogen (secondary N) is 1. The first-order valence-electron chi connectivity index (χ1n) is 4.90. The van der Waals surface area contributed by atoms with Crippen molar-refractivity contribution in [3.8, 4) is 5.75 Å². The zero-order chi connectivity index (χ0) is 11.7. The van der Waals surface area contributed by atoms with Gasteiger partial charge in [0.1, 0.15) is 11.6 Å². The number of carbonyl (C=O) groups excluding carboxylic acids is 1. The molecule has 5 heteroatoms. The lowest BCUT2D eigenvalue weighted by molar-refractivity contribution is -0.123. The van der Waals surface area contributed by atoms with E-state index in [1.54, 1.807) is 6.07 Å². The highest BCUT2D eigenvalue weighted by molar-refractivity contribution is 5.83. The van der Waals surface area contributed by atoms with Gasteiger partial charge in [-0.1, -0.05) is 6.07 Å². The molecule has 1 heterocycles. The Hall–Kier alpha value is -1.65. The van der Waals surface area contributed by atoms with Crippen molar-refractivity contribution in [3.05, 3.63) is 29.6 Å². The summed E-state index contributed by atoms with van der Waals surface area (Å²) in [4.78, 5) is 11.0. The van der Waals surface area contributed by atoms with Crippen LogP contribution in [-0.2, 0) is 4.79 Å². The van der Waals surface area contributed by atoms with Crippen LogP contribution < -0.4 is 10.1 Å². The van der Waals surface area contributed by atoms with Crippen molar-refractivity contribution in [2.45, 2.75) is 18.6 Å². The van der Waals surface area contributed by atoms with E-state index < -0.39 is 23.9 Å². The molecule has 1 fully saturated rings. The van der Waals surface area contributed by atoms with Crippen LogP contribution in [0.25, 0.3) is 0 Å². The van der Waals surface area contributed by atoms with Gasteiger partial charge in [0, 0.05) is 6.42 Å². The summed E-state index contributed by atoms with van der Waals surface area (Å²) in [6.07, 6.45) is -1.63. The minimum atomic E-state index is -1.57. The first-order chi connectivity index (χ1) is 7.63. The highest BCUT2D eigenvalue weighted by Crippen LogP contribution is 2.34.